The molecule has 4 nitrogen and oxygen atoms in total. The van der Waals surface area contributed by atoms with Gasteiger partial charge in [-0.1, -0.05) is 59.9 Å². The fourth-order valence-corrected chi connectivity index (χ4v) is 4.58. The number of rotatable bonds is 2. The van der Waals surface area contributed by atoms with E-state index in [2.05, 4.69) is 53.5 Å². The number of allylic oxidation sites excluding steroid dienone is 1. The molecule has 0 N–H and O–H groups in total. The summed E-state index contributed by atoms with van der Waals surface area (Å²) in [4.78, 5) is 13.3. The normalized spacial score (nSPS) is 39.5. The Kier molecular flexibility index (Phi) is 8.24. The lowest BCUT2D eigenvalue weighted by Crippen LogP contribution is -2.36. The lowest BCUT2D eigenvalue weighted by molar-refractivity contribution is -0.157. The van der Waals surface area contributed by atoms with Gasteiger partial charge in [-0.25, -0.2) is 0 Å². The molecule has 0 radical (unpaired) electrons. The SMILES string of the molecule is CC(=O)OC1CC(Br)C=CC(C=C=CBr)OC(C)C2OC1CC2Br. The molecule has 1 saturated heterocycles. The van der Waals surface area contributed by atoms with Crippen LogP contribution in [0.15, 0.2) is 28.9 Å². The van der Waals surface area contributed by atoms with Gasteiger partial charge in [0.25, 0.3) is 0 Å². The molecule has 0 aromatic rings. The number of hydrogen-bond donors (Lipinski definition) is 0. The van der Waals surface area contributed by atoms with Crippen LogP contribution in [0.25, 0.3) is 0 Å². The van der Waals surface area contributed by atoms with E-state index in [9.17, 15) is 4.79 Å². The van der Waals surface area contributed by atoms with Crippen LogP contribution in [0, 0.1) is 0 Å². The summed E-state index contributed by atoms with van der Waals surface area (Å²) < 4.78 is 17.8. The Morgan fingerprint density at radius 3 is 2.71 bits per heavy atom. The van der Waals surface area contributed by atoms with Gasteiger partial charge in [-0.2, -0.15) is 0 Å². The van der Waals surface area contributed by atoms with Crippen molar-refractivity contribution in [3.63, 3.8) is 0 Å². The van der Waals surface area contributed by atoms with E-state index in [4.69, 9.17) is 14.2 Å². The van der Waals surface area contributed by atoms with Gasteiger partial charge in [0.15, 0.2) is 0 Å². The summed E-state index contributed by atoms with van der Waals surface area (Å²) in [5, 5.41) is 0. The van der Waals surface area contributed by atoms with Gasteiger partial charge in [0.1, 0.15) is 12.2 Å². The zero-order valence-electron chi connectivity index (χ0n) is 13.5. The van der Waals surface area contributed by atoms with E-state index in [1.165, 1.54) is 6.92 Å². The standard InChI is InChI=1S/C17H21Br3O4/c1-10-17-14(20)9-16(24-17)15(23-11(2)21)8-12(19)5-6-13(22-10)4-3-7-18/h4-7,10,12-17H,8-9H2,1-2H3. The quantitative estimate of drug-likeness (QED) is 0.231. The number of carbonyl (C=O) groups is 1. The first-order valence-electron chi connectivity index (χ1n) is 7.86. The Morgan fingerprint density at radius 1 is 1.29 bits per heavy atom. The fraction of sp³-hybridized carbons (Fsp3) is 0.647. The Balaban J connectivity index is 2.26. The highest BCUT2D eigenvalue weighted by Crippen LogP contribution is 2.35. The molecule has 2 aliphatic rings. The molecule has 7 unspecified atom stereocenters. The third kappa shape index (κ3) is 5.82. The predicted molar refractivity (Wildman–Crippen MR) is 104 cm³/mol. The van der Waals surface area contributed by atoms with Gasteiger partial charge in [0.2, 0.25) is 0 Å². The molecule has 0 amide bonds. The molecule has 24 heavy (non-hydrogen) atoms. The molecule has 1 fully saturated rings. The summed E-state index contributed by atoms with van der Waals surface area (Å²) in [6.07, 6.45) is 6.41. The molecule has 0 aromatic carbocycles. The van der Waals surface area contributed by atoms with Gasteiger partial charge in [0.05, 0.1) is 18.3 Å². The van der Waals surface area contributed by atoms with Gasteiger partial charge in [0, 0.05) is 28.0 Å². The molecule has 0 saturated carbocycles. The highest BCUT2D eigenvalue weighted by molar-refractivity contribution is 9.11. The molecule has 2 rings (SSSR count). The van der Waals surface area contributed by atoms with E-state index in [0.29, 0.717) is 6.42 Å². The van der Waals surface area contributed by atoms with E-state index in [1.807, 2.05) is 25.2 Å². The van der Waals surface area contributed by atoms with E-state index < -0.39 is 0 Å². The number of hydrogen-bond acceptors (Lipinski definition) is 4. The summed E-state index contributed by atoms with van der Waals surface area (Å²) in [7, 11) is 0. The minimum atomic E-state index is -0.289. The first kappa shape index (κ1) is 20.4. The molecular formula is C17H21Br3O4. The van der Waals surface area contributed by atoms with Crippen molar-refractivity contribution in [3.05, 3.63) is 28.9 Å². The van der Waals surface area contributed by atoms with Crippen molar-refractivity contribution in [3.8, 4) is 0 Å². The van der Waals surface area contributed by atoms with Gasteiger partial charge in [-0.15, -0.1) is 5.73 Å². The number of halogens is 3. The number of carbonyl (C=O) groups excluding carboxylic acids is 1. The van der Waals surface area contributed by atoms with E-state index in [1.54, 1.807) is 4.99 Å². The predicted octanol–water partition coefficient (Wildman–Crippen LogP) is 4.40. The largest absolute Gasteiger partial charge is 0.460 e. The monoisotopic (exact) mass is 526 g/mol. The molecule has 7 atom stereocenters. The minimum absolute atomic E-state index is 0.0548. The van der Waals surface area contributed by atoms with E-state index in [0.717, 1.165) is 6.42 Å². The average molecular weight is 529 g/mol. The van der Waals surface area contributed by atoms with E-state index >= 15 is 0 Å². The van der Waals surface area contributed by atoms with Crippen molar-refractivity contribution in [2.75, 3.05) is 0 Å². The highest BCUT2D eigenvalue weighted by atomic mass is 79.9. The number of esters is 1. The minimum Gasteiger partial charge on any atom is -0.460 e. The number of alkyl halides is 2. The van der Waals surface area contributed by atoms with Gasteiger partial charge in [-0.05, 0) is 19.4 Å². The van der Waals surface area contributed by atoms with Crippen LogP contribution < -0.4 is 0 Å². The Labute approximate surface area is 168 Å². The second kappa shape index (κ2) is 9.70. The molecule has 0 aliphatic carbocycles. The zero-order valence-corrected chi connectivity index (χ0v) is 18.3. The first-order chi connectivity index (χ1) is 11.4. The third-order valence-electron chi connectivity index (χ3n) is 4.00. The van der Waals surface area contributed by atoms with Crippen molar-refractivity contribution < 1.29 is 19.0 Å². The first-order valence-corrected chi connectivity index (χ1v) is 10.6. The Bertz CT molecular complexity index is 530. The molecule has 2 bridgehead atoms. The van der Waals surface area contributed by atoms with Gasteiger partial charge >= 0.3 is 5.97 Å². The molecule has 2 heterocycles. The molecule has 0 spiro atoms. The summed E-state index contributed by atoms with van der Waals surface area (Å²) >= 11 is 10.5. The molecule has 2 aliphatic heterocycles. The molecular weight excluding hydrogens is 508 g/mol. The van der Waals surface area contributed by atoms with Crippen LogP contribution in [0.2, 0.25) is 0 Å². The van der Waals surface area contributed by atoms with E-state index in [-0.39, 0.29) is 46.1 Å². The number of ether oxygens (including phenoxy) is 3. The van der Waals surface area contributed by atoms with Crippen LogP contribution in [0.3, 0.4) is 0 Å². The van der Waals surface area contributed by atoms with Crippen molar-refractivity contribution in [2.24, 2.45) is 0 Å². The molecule has 7 heteroatoms. The van der Waals surface area contributed by atoms with Crippen molar-refractivity contribution in [1.29, 1.82) is 0 Å². The second-order valence-electron chi connectivity index (χ2n) is 5.92. The van der Waals surface area contributed by atoms with Crippen molar-refractivity contribution in [2.45, 2.75) is 66.9 Å². The summed E-state index contributed by atoms with van der Waals surface area (Å²) in [6, 6.07) is 0. The van der Waals surface area contributed by atoms with Crippen LogP contribution in [-0.4, -0.2) is 46.1 Å². The zero-order chi connectivity index (χ0) is 17.7. The lowest BCUT2D eigenvalue weighted by Gasteiger charge is -2.26. The summed E-state index contributed by atoms with van der Waals surface area (Å²) in [6.45, 7) is 3.43. The van der Waals surface area contributed by atoms with Crippen LogP contribution in [-0.2, 0) is 19.0 Å². The summed E-state index contributed by atoms with van der Waals surface area (Å²) in [5.41, 5.74) is 3.00. The number of fused-ring (bicyclic) bond motifs is 2. The maximum Gasteiger partial charge on any atom is 0.302 e. The van der Waals surface area contributed by atoms with Crippen LogP contribution in [0.5, 0.6) is 0 Å². The fourth-order valence-electron chi connectivity index (χ4n) is 2.96. The van der Waals surface area contributed by atoms with Gasteiger partial charge < -0.3 is 14.2 Å². The topological polar surface area (TPSA) is 44.8 Å². The Morgan fingerprint density at radius 2 is 2.04 bits per heavy atom. The smallest absolute Gasteiger partial charge is 0.302 e. The van der Waals surface area contributed by atoms with Crippen LogP contribution in [0.4, 0.5) is 0 Å². The lowest BCUT2D eigenvalue weighted by atomic mass is 10.0. The van der Waals surface area contributed by atoms with Crippen molar-refractivity contribution in [1.82, 2.24) is 0 Å². The molecule has 0 aromatic heterocycles. The second-order valence-corrected chi connectivity index (χ2v) is 8.73. The van der Waals surface area contributed by atoms with Gasteiger partial charge in [-0.3, -0.25) is 4.79 Å². The molecule has 134 valence electrons. The maximum atomic E-state index is 11.5. The summed E-state index contributed by atoms with van der Waals surface area (Å²) in [5.74, 6) is -0.288. The van der Waals surface area contributed by atoms with Crippen LogP contribution >= 0.6 is 47.8 Å². The highest BCUT2D eigenvalue weighted by Gasteiger charge is 2.43. The third-order valence-corrected chi connectivity index (χ3v) is 5.84. The average Bonchev–Trinajstić information content (AvgIpc) is 2.89. The Hall–Kier alpha value is 0.0900. The van der Waals surface area contributed by atoms with Crippen molar-refractivity contribution >= 4 is 53.8 Å². The maximum absolute atomic E-state index is 11.5. The van der Waals surface area contributed by atoms with Crippen LogP contribution in [0.1, 0.15) is 26.7 Å².